The molecule has 0 fully saturated rings. The highest BCUT2D eigenvalue weighted by Crippen LogP contribution is 2.28. The summed E-state index contributed by atoms with van der Waals surface area (Å²) < 4.78 is 15.5. The first-order valence-electron chi connectivity index (χ1n) is 7.45. The Bertz CT molecular complexity index is 190. The van der Waals surface area contributed by atoms with E-state index >= 15 is 0 Å². The van der Waals surface area contributed by atoms with Crippen molar-refractivity contribution in [2.75, 3.05) is 53.7 Å². The first kappa shape index (κ1) is 18.8. The normalized spacial score (nSPS) is 14.5. The lowest BCUT2D eigenvalue weighted by Crippen LogP contribution is -2.34. The number of methoxy groups -OCH3 is 2. The molecule has 4 nitrogen and oxygen atoms in total. The first-order valence-corrected chi connectivity index (χ1v) is 7.45. The average molecular weight is 275 g/mol. The van der Waals surface area contributed by atoms with Gasteiger partial charge in [-0.15, -0.1) is 0 Å². The van der Waals surface area contributed by atoms with Gasteiger partial charge >= 0.3 is 0 Å². The molecule has 0 saturated heterocycles. The van der Waals surface area contributed by atoms with Crippen LogP contribution in [0.2, 0.25) is 0 Å². The van der Waals surface area contributed by atoms with E-state index in [1.807, 2.05) is 0 Å². The molecular formula is C15H33NO3. The summed E-state index contributed by atoms with van der Waals surface area (Å²) in [5.74, 6) is 0. The Labute approximate surface area is 119 Å². The molecule has 0 aromatic carbocycles. The largest absolute Gasteiger partial charge is 0.383 e. The Hall–Kier alpha value is -0.160. The summed E-state index contributed by atoms with van der Waals surface area (Å²) in [6.07, 6.45) is 4.80. The van der Waals surface area contributed by atoms with Crippen molar-refractivity contribution in [3.05, 3.63) is 0 Å². The first-order chi connectivity index (χ1) is 9.18. The third kappa shape index (κ3) is 11.4. The summed E-state index contributed by atoms with van der Waals surface area (Å²) in [5, 5.41) is 3.49. The minimum absolute atomic E-state index is 0.368. The zero-order valence-corrected chi connectivity index (χ0v) is 13.3. The second-order valence-corrected chi connectivity index (χ2v) is 5.44. The molecule has 0 spiro atoms. The Morgan fingerprint density at radius 3 is 2.32 bits per heavy atom. The fourth-order valence-corrected chi connectivity index (χ4v) is 2.32. The van der Waals surface area contributed by atoms with Gasteiger partial charge in [-0.05, 0) is 24.7 Å². The fraction of sp³-hybridized carbons (Fsp3) is 1.00. The summed E-state index contributed by atoms with van der Waals surface area (Å²) in [5.41, 5.74) is 0.368. The van der Waals surface area contributed by atoms with Crippen LogP contribution in [-0.2, 0) is 14.2 Å². The van der Waals surface area contributed by atoms with Crippen molar-refractivity contribution >= 4 is 0 Å². The number of ether oxygens (including phenoxy) is 3. The number of rotatable bonds is 14. The van der Waals surface area contributed by atoms with Crippen LogP contribution in [0, 0.1) is 5.41 Å². The Morgan fingerprint density at radius 2 is 1.68 bits per heavy atom. The maximum absolute atomic E-state index is 5.53. The van der Waals surface area contributed by atoms with Crippen LogP contribution in [0.3, 0.4) is 0 Å². The molecule has 1 unspecified atom stereocenters. The van der Waals surface area contributed by atoms with Crippen molar-refractivity contribution < 1.29 is 14.2 Å². The van der Waals surface area contributed by atoms with Crippen molar-refractivity contribution in [2.45, 2.75) is 39.5 Å². The van der Waals surface area contributed by atoms with Gasteiger partial charge in [-0.1, -0.05) is 20.3 Å². The van der Waals surface area contributed by atoms with Crippen molar-refractivity contribution in [3.63, 3.8) is 0 Å². The molecule has 0 saturated carbocycles. The van der Waals surface area contributed by atoms with Gasteiger partial charge in [0, 0.05) is 33.9 Å². The topological polar surface area (TPSA) is 39.7 Å². The highest BCUT2D eigenvalue weighted by molar-refractivity contribution is 4.76. The van der Waals surface area contributed by atoms with Gasteiger partial charge in [0.2, 0.25) is 0 Å². The van der Waals surface area contributed by atoms with Crippen LogP contribution in [0.4, 0.5) is 0 Å². The molecule has 0 aliphatic rings. The molecule has 1 atom stereocenters. The minimum atomic E-state index is 0.368. The van der Waals surface area contributed by atoms with Gasteiger partial charge in [0.25, 0.3) is 0 Å². The molecule has 0 heterocycles. The maximum atomic E-state index is 5.53. The third-order valence-electron chi connectivity index (χ3n) is 3.39. The summed E-state index contributed by atoms with van der Waals surface area (Å²) in [6.45, 7) is 9.61. The molecule has 0 aliphatic carbocycles. The van der Waals surface area contributed by atoms with E-state index in [0.717, 1.165) is 32.7 Å². The average Bonchev–Trinajstić information content (AvgIpc) is 2.39. The van der Waals surface area contributed by atoms with Gasteiger partial charge < -0.3 is 19.5 Å². The lowest BCUT2D eigenvalue weighted by atomic mass is 9.81. The predicted molar refractivity (Wildman–Crippen MR) is 79.7 cm³/mol. The van der Waals surface area contributed by atoms with Gasteiger partial charge in [-0.3, -0.25) is 0 Å². The van der Waals surface area contributed by atoms with Crippen LogP contribution < -0.4 is 5.32 Å². The SMILES string of the molecule is CCCC(C)(CCCOCCOC)CNCCOC. The second-order valence-electron chi connectivity index (χ2n) is 5.44. The smallest absolute Gasteiger partial charge is 0.0700 e. The van der Waals surface area contributed by atoms with Gasteiger partial charge in [-0.25, -0.2) is 0 Å². The molecule has 0 aliphatic heterocycles. The van der Waals surface area contributed by atoms with E-state index < -0.39 is 0 Å². The lowest BCUT2D eigenvalue weighted by molar-refractivity contribution is 0.0634. The van der Waals surface area contributed by atoms with Gasteiger partial charge in [0.15, 0.2) is 0 Å². The Morgan fingerprint density at radius 1 is 0.947 bits per heavy atom. The monoisotopic (exact) mass is 275 g/mol. The van der Waals surface area contributed by atoms with E-state index in [4.69, 9.17) is 14.2 Å². The van der Waals surface area contributed by atoms with Crippen LogP contribution in [-0.4, -0.2) is 53.7 Å². The zero-order chi connectivity index (χ0) is 14.4. The second kappa shape index (κ2) is 12.9. The van der Waals surface area contributed by atoms with E-state index in [9.17, 15) is 0 Å². The quantitative estimate of drug-likeness (QED) is 0.494. The molecule has 0 rings (SSSR count). The number of hydrogen-bond acceptors (Lipinski definition) is 4. The van der Waals surface area contributed by atoms with E-state index in [-0.39, 0.29) is 0 Å². The summed E-state index contributed by atoms with van der Waals surface area (Å²) >= 11 is 0. The lowest BCUT2D eigenvalue weighted by Gasteiger charge is -2.30. The van der Waals surface area contributed by atoms with Gasteiger partial charge in [-0.2, -0.15) is 0 Å². The van der Waals surface area contributed by atoms with E-state index in [1.54, 1.807) is 14.2 Å². The molecule has 116 valence electrons. The number of hydrogen-bond donors (Lipinski definition) is 1. The summed E-state index contributed by atoms with van der Waals surface area (Å²) in [7, 11) is 3.44. The van der Waals surface area contributed by atoms with Crippen LogP contribution >= 0.6 is 0 Å². The van der Waals surface area contributed by atoms with Crippen LogP contribution in [0.25, 0.3) is 0 Å². The molecule has 1 N–H and O–H groups in total. The molecular weight excluding hydrogens is 242 g/mol. The highest BCUT2D eigenvalue weighted by Gasteiger charge is 2.22. The molecule has 19 heavy (non-hydrogen) atoms. The van der Waals surface area contributed by atoms with Crippen LogP contribution in [0.1, 0.15) is 39.5 Å². The predicted octanol–water partition coefficient (Wildman–Crippen LogP) is 2.47. The van der Waals surface area contributed by atoms with E-state index in [2.05, 4.69) is 19.2 Å². The molecule has 0 aromatic heterocycles. The zero-order valence-electron chi connectivity index (χ0n) is 13.3. The van der Waals surface area contributed by atoms with Crippen LogP contribution in [0.15, 0.2) is 0 Å². The number of nitrogens with one attached hydrogen (secondary N) is 1. The standard InChI is InChI=1S/C15H33NO3/c1-5-7-15(2,14-16-9-11-17-3)8-6-10-19-13-12-18-4/h16H,5-14H2,1-4H3. The molecule has 0 amide bonds. The van der Waals surface area contributed by atoms with Gasteiger partial charge in [0.1, 0.15) is 0 Å². The maximum Gasteiger partial charge on any atom is 0.0700 e. The van der Waals surface area contributed by atoms with Gasteiger partial charge in [0.05, 0.1) is 19.8 Å². The van der Waals surface area contributed by atoms with E-state index in [1.165, 1.54) is 19.3 Å². The van der Waals surface area contributed by atoms with Crippen LogP contribution in [0.5, 0.6) is 0 Å². The van der Waals surface area contributed by atoms with Crippen molar-refractivity contribution in [2.24, 2.45) is 5.41 Å². The minimum Gasteiger partial charge on any atom is -0.383 e. The Balaban J connectivity index is 3.74. The molecule has 4 heteroatoms. The van der Waals surface area contributed by atoms with Crippen molar-refractivity contribution in [1.82, 2.24) is 5.32 Å². The fourth-order valence-electron chi connectivity index (χ4n) is 2.32. The molecule has 0 aromatic rings. The summed E-state index contributed by atoms with van der Waals surface area (Å²) in [4.78, 5) is 0. The van der Waals surface area contributed by atoms with Crippen molar-refractivity contribution in [3.8, 4) is 0 Å². The summed E-state index contributed by atoms with van der Waals surface area (Å²) in [6, 6.07) is 0. The Kier molecular flexibility index (Phi) is 12.7. The molecule has 0 bridgehead atoms. The highest BCUT2D eigenvalue weighted by atomic mass is 16.5. The van der Waals surface area contributed by atoms with E-state index in [0.29, 0.717) is 18.6 Å². The third-order valence-corrected chi connectivity index (χ3v) is 3.39. The molecule has 0 radical (unpaired) electrons. The van der Waals surface area contributed by atoms with Crippen molar-refractivity contribution in [1.29, 1.82) is 0 Å².